The molecule has 0 saturated carbocycles. The zero-order valence-corrected chi connectivity index (χ0v) is 14.8. The van der Waals surface area contributed by atoms with Crippen LogP contribution in [0, 0.1) is 10.1 Å². The molecular weight excluding hydrogens is 372 g/mol. The molecule has 0 unspecified atom stereocenters. The summed E-state index contributed by atoms with van der Waals surface area (Å²) in [4.78, 5) is 27.3. The summed E-state index contributed by atoms with van der Waals surface area (Å²) in [5.41, 5.74) is 1.42. The van der Waals surface area contributed by atoms with Crippen LogP contribution in [0.4, 0.5) is 17.1 Å². The highest BCUT2D eigenvalue weighted by molar-refractivity contribution is 7.99. The summed E-state index contributed by atoms with van der Waals surface area (Å²) in [6.45, 7) is 0. The van der Waals surface area contributed by atoms with Crippen molar-refractivity contribution in [1.29, 1.82) is 0 Å². The maximum Gasteiger partial charge on any atom is 0.288 e. The third-order valence-corrected chi connectivity index (χ3v) is 5.47. The summed E-state index contributed by atoms with van der Waals surface area (Å²) < 4.78 is 0. The maximum absolute atomic E-state index is 13.3. The van der Waals surface area contributed by atoms with Gasteiger partial charge in [-0.05, 0) is 36.4 Å². The molecule has 26 heavy (non-hydrogen) atoms. The fourth-order valence-electron chi connectivity index (χ4n) is 2.84. The lowest BCUT2D eigenvalue weighted by molar-refractivity contribution is -0.384. The first-order valence-corrected chi connectivity index (χ1v) is 8.90. The molecule has 0 N–H and O–H groups in total. The number of rotatable bonds is 2. The normalized spacial score (nSPS) is 12.3. The van der Waals surface area contributed by atoms with E-state index in [4.69, 9.17) is 11.6 Å². The first kappa shape index (κ1) is 16.6. The highest BCUT2D eigenvalue weighted by atomic mass is 35.5. The van der Waals surface area contributed by atoms with E-state index in [0.29, 0.717) is 0 Å². The molecule has 0 radical (unpaired) electrons. The number of nitro benzene ring substituents is 1. The van der Waals surface area contributed by atoms with Crippen molar-refractivity contribution in [2.75, 3.05) is 4.90 Å². The molecule has 0 atom stereocenters. The van der Waals surface area contributed by atoms with E-state index in [0.717, 1.165) is 21.2 Å². The minimum absolute atomic E-state index is 0.00144. The van der Waals surface area contributed by atoms with E-state index in [1.165, 1.54) is 18.2 Å². The lowest BCUT2D eigenvalue weighted by Gasteiger charge is -2.31. The van der Waals surface area contributed by atoms with E-state index < -0.39 is 4.92 Å². The van der Waals surface area contributed by atoms with E-state index in [1.807, 2.05) is 48.5 Å². The van der Waals surface area contributed by atoms with Crippen LogP contribution in [0.15, 0.2) is 76.5 Å². The van der Waals surface area contributed by atoms with Crippen molar-refractivity contribution in [3.63, 3.8) is 0 Å². The van der Waals surface area contributed by atoms with Gasteiger partial charge in [0.1, 0.15) is 5.02 Å². The number of hydrogen-bond acceptors (Lipinski definition) is 4. The van der Waals surface area contributed by atoms with Crippen LogP contribution < -0.4 is 4.90 Å². The number of carbonyl (C=O) groups is 1. The molecule has 128 valence electrons. The van der Waals surface area contributed by atoms with Crippen molar-refractivity contribution < 1.29 is 9.72 Å². The van der Waals surface area contributed by atoms with Crippen LogP contribution in [0.5, 0.6) is 0 Å². The lowest BCUT2D eigenvalue weighted by Crippen LogP contribution is -2.28. The summed E-state index contributed by atoms with van der Waals surface area (Å²) in [6.07, 6.45) is 0. The lowest BCUT2D eigenvalue weighted by atomic mass is 10.1. The largest absolute Gasteiger partial charge is 0.288 e. The molecule has 1 aliphatic rings. The Labute approximate surface area is 158 Å². The molecule has 1 amide bonds. The van der Waals surface area contributed by atoms with Crippen molar-refractivity contribution in [3.8, 4) is 0 Å². The second kappa shape index (κ2) is 6.48. The van der Waals surface area contributed by atoms with Crippen LogP contribution in [0.25, 0.3) is 0 Å². The van der Waals surface area contributed by atoms with E-state index in [-0.39, 0.29) is 22.2 Å². The number of halogens is 1. The van der Waals surface area contributed by atoms with Crippen molar-refractivity contribution in [3.05, 3.63) is 87.4 Å². The fraction of sp³-hybridized carbons (Fsp3) is 0. The van der Waals surface area contributed by atoms with Crippen molar-refractivity contribution in [2.45, 2.75) is 9.79 Å². The summed E-state index contributed by atoms with van der Waals surface area (Å²) in [5.74, 6) is -0.343. The average Bonchev–Trinajstić information content (AvgIpc) is 2.65. The van der Waals surface area contributed by atoms with Crippen molar-refractivity contribution >= 4 is 46.3 Å². The predicted octanol–water partition coefficient (Wildman–Crippen LogP) is 5.69. The Morgan fingerprint density at radius 2 is 1.54 bits per heavy atom. The maximum atomic E-state index is 13.3. The zero-order valence-electron chi connectivity index (χ0n) is 13.3. The molecule has 0 aliphatic carbocycles. The van der Waals surface area contributed by atoms with Gasteiger partial charge >= 0.3 is 0 Å². The number of fused-ring (bicyclic) bond motifs is 2. The molecule has 1 aliphatic heterocycles. The van der Waals surface area contributed by atoms with Crippen LogP contribution in [0.3, 0.4) is 0 Å². The number of carbonyl (C=O) groups excluding carboxylic acids is 1. The Hall–Kier alpha value is -2.83. The van der Waals surface area contributed by atoms with Crippen LogP contribution in [0.2, 0.25) is 5.02 Å². The molecule has 0 saturated heterocycles. The molecule has 0 fully saturated rings. The molecular formula is C19H11ClN2O3S. The number of amides is 1. The minimum Gasteiger partial charge on any atom is -0.275 e. The Morgan fingerprint density at radius 1 is 0.962 bits per heavy atom. The van der Waals surface area contributed by atoms with E-state index in [1.54, 1.807) is 16.7 Å². The molecule has 0 spiro atoms. The standard InChI is InChI=1S/C19H11ClN2O3S/c20-13-10-9-12(11-16(13)22(24)25)19(23)21-14-5-1-3-7-17(14)26-18-8-4-2-6-15(18)21/h1-11H. The molecule has 0 bridgehead atoms. The molecule has 3 aromatic carbocycles. The molecule has 1 heterocycles. The SMILES string of the molecule is O=C(c1ccc(Cl)c([N+](=O)[O-])c1)N1c2ccccc2Sc2ccccc21. The first-order valence-electron chi connectivity index (χ1n) is 7.70. The summed E-state index contributed by atoms with van der Waals surface area (Å²) >= 11 is 7.46. The molecule has 0 aromatic heterocycles. The number of nitro groups is 1. The van der Waals surface area contributed by atoms with E-state index in [2.05, 4.69) is 0 Å². The minimum atomic E-state index is -0.590. The highest BCUT2D eigenvalue weighted by Gasteiger charge is 2.29. The fourth-order valence-corrected chi connectivity index (χ4v) is 4.08. The first-order chi connectivity index (χ1) is 12.6. The molecule has 7 heteroatoms. The average molecular weight is 383 g/mol. The quantitative estimate of drug-likeness (QED) is 0.421. The smallest absolute Gasteiger partial charge is 0.275 e. The van der Waals surface area contributed by atoms with Crippen LogP contribution >= 0.6 is 23.4 Å². The Balaban J connectivity index is 1.87. The Kier molecular flexibility index (Phi) is 4.14. The van der Waals surface area contributed by atoms with Gasteiger partial charge in [0.25, 0.3) is 11.6 Å². The van der Waals surface area contributed by atoms with Crippen LogP contribution in [-0.2, 0) is 0 Å². The monoisotopic (exact) mass is 382 g/mol. The third kappa shape index (κ3) is 2.73. The van der Waals surface area contributed by atoms with Gasteiger partial charge in [-0.1, -0.05) is 47.6 Å². The summed E-state index contributed by atoms with van der Waals surface area (Å²) in [6, 6.07) is 19.3. The van der Waals surface area contributed by atoms with Gasteiger partial charge in [0.15, 0.2) is 0 Å². The number of hydrogen-bond donors (Lipinski definition) is 0. The second-order valence-electron chi connectivity index (χ2n) is 5.60. The Bertz CT molecular complexity index is 1010. The van der Waals surface area contributed by atoms with Gasteiger partial charge in [-0.25, -0.2) is 0 Å². The van der Waals surface area contributed by atoms with Gasteiger partial charge in [-0.3, -0.25) is 19.8 Å². The van der Waals surface area contributed by atoms with Gasteiger partial charge in [-0.15, -0.1) is 0 Å². The Morgan fingerprint density at radius 3 is 2.12 bits per heavy atom. The summed E-state index contributed by atoms with van der Waals surface area (Å²) in [5, 5.41) is 11.2. The summed E-state index contributed by atoms with van der Waals surface area (Å²) in [7, 11) is 0. The van der Waals surface area contributed by atoms with Gasteiger partial charge in [-0.2, -0.15) is 0 Å². The molecule has 5 nitrogen and oxygen atoms in total. The number of nitrogens with zero attached hydrogens (tertiary/aromatic N) is 2. The number of benzene rings is 3. The van der Waals surface area contributed by atoms with Crippen molar-refractivity contribution in [1.82, 2.24) is 0 Å². The third-order valence-electron chi connectivity index (χ3n) is 4.03. The second-order valence-corrected chi connectivity index (χ2v) is 7.09. The molecule has 4 rings (SSSR count). The zero-order chi connectivity index (χ0) is 18.3. The van der Waals surface area contributed by atoms with Gasteiger partial charge in [0, 0.05) is 21.4 Å². The van der Waals surface area contributed by atoms with Gasteiger partial charge in [0.05, 0.1) is 16.3 Å². The van der Waals surface area contributed by atoms with E-state index in [9.17, 15) is 14.9 Å². The number of anilines is 2. The van der Waals surface area contributed by atoms with E-state index >= 15 is 0 Å². The van der Waals surface area contributed by atoms with Crippen LogP contribution in [-0.4, -0.2) is 10.8 Å². The van der Waals surface area contributed by atoms with Crippen LogP contribution in [0.1, 0.15) is 10.4 Å². The van der Waals surface area contributed by atoms with Gasteiger partial charge < -0.3 is 0 Å². The molecule has 3 aromatic rings. The predicted molar refractivity (Wildman–Crippen MR) is 102 cm³/mol. The van der Waals surface area contributed by atoms with Crippen molar-refractivity contribution in [2.24, 2.45) is 0 Å². The van der Waals surface area contributed by atoms with Gasteiger partial charge in [0.2, 0.25) is 0 Å². The topological polar surface area (TPSA) is 63.4 Å². The number of para-hydroxylation sites is 2. The highest BCUT2D eigenvalue weighted by Crippen LogP contribution is 2.48.